The summed E-state index contributed by atoms with van der Waals surface area (Å²) < 4.78 is 16.7. The molecule has 4 heterocycles. The lowest BCUT2D eigenvalue weighted by Crippen LogP contribution is -2.25. The van der Waals surface area contributed by atoms with Crippen LogP contribution in [0.15, 0.2) is 27.4 Å². The van der Waals surface area contributed by atoms with E-state index in [-0.39, 0.29) is 6.10 Å². The number of hydrogen-bond acceptors (Lipinski definition) is 6. The molecule has 112 valence electrons. The van der Waals surface area contributed by atoms with E-state index in [2.05, 4.69) is 15.1 Å². The summed E-state index contributed by atoms with van der Waals surface area (Å²) in [7, 11) is 0. The second kappa shape index (κ2) is 5.27. The molecular weight excluding hydrogens is 270 g/mol. The summed E-state index contributed by atoms with van der Waals surface area (Å²) >= 11 is 0. The zero-order chi connectivity index (χ0) is 14.2. The minimum Gasteiger partial charge on any atom is -0.472 e. The Morgan fingerprint density at radius 3 is 3.00 bits per heavy atom. The van der Waals surface area contributed by atoms with Crippen molar-refractivity contribution in [3.8, 4) is 0 Å². The first-order valence-electron chi connectivity index (χ1n) is 7.44. The maximum absolute atomic E-state index is 6.16. The number of ether oxygens (including phenoxy) is 1. The number of nitrogens with zero attached hydrogens (tertiary/aromatic N) is 3. The van der Waals surface area contributed by atoms with E-state index in [0.29, 0.717) is 23.8 Å². The molecular formula is C15H19N3O3. The maximum atomic E-state index is 6.16. The summed E-state index contributed by atoms with van der Waals surface area (Å²) in [5.74, 6) is 1.92. The molecule has 0 aromatic carbocycles. The lowest BCUT2D eigenvalue weighted by molar-refractivity contribution is 0.0349. The summed E-state index contributed by atoms with van der Waals surface area (Å²) in [6.45, 7) is 4.85. The predicted octanol–water partition coefficient (Wildman–Crippen LogP) is 1.80. The van der Waals surface area contributed by atoms with Gasteiger partial charge >= 0.3 is 0 Å². The highest BCUT2D eigenvalue weighted by Crippen LogP contribution is 2.34. The van der Waals surface area contributed by atoms with Crippen molar-refractivity contribution in [1.82, 2.24) is 15.1 Å². The quantitative estimate of drug-likeness (QED) is 0.855. The number of rotatable bonds is 4. The molecule has 0 saturated carbocycles. The standard InChI is InChI=1S/C15H19N3O3/c1-10-16-17-15(20-10)5-13-4-12-7-18(8-14(12)21-13)6-11-2-3-19-9-11/h2-3,9,12-14H,4-8H2,1H3/t12-,13+,14+/m1/s1. The Morgan fingerprint density at radius 1 is 1.33 bits per heavy atom. The Hall–Kier alpha value is -1.66. The fourth-order valence-corrected chi connectivity index (χ4v) is 3.46. The number of aromatic nitrogens is 2. The van der Waals surface area contributed by atoms with Crippen molar-refractivity contribution in [2.24, 2.45) is 5.92 Å². The summed E-state index contributed by atoms with van der Waals surface area (Å²) in [5.41, 5.74) is 1.23. The first-order chi connectivity index (χ1) is 10.3. The molecule has 3 atom stereocenters. The van der Waals surface area contributed by atoms with Gasteiger partial charge in [-0.15, -0.1) is 10.2 Å². The topological polar surface area (TPSA) is 64.5 Å². The van der Waals surface area contributed by atoms with E-state index in [1.54, 1.807) is 6.26 Å². The first-order valence-corrected chi connectivity index (χ1v) is 7.44. The van der Waals surface area contributed by atoms with Crippen LogP contribution in [-0.2, 0) is 17.7 Å². The van der Waals surface area contributed by atoms with Gasteiger partial charge in [-0.05, 0) is 12.5 Å². The van der Waals surface area contributed by atoms with Crippen molar-refractivity contribution in [1.29, 1.82) is 0 Å². The number of hydrogen-bond donors (Lipinski definition) is 0. The van der Waals surface area contributed by atoms with Gasteiger partial charge in [-0.2, -0.15) is 0 Å². The van der Waals surface area contributed by atoms with Gasteiger partial charge in [0, 0.05) is 38.0 Å². The third-order valence-electron chi connectivity index (χ3n) is 4.35. The van der Waals surface area contributed by atoms with E-state index in [1.165, 1.54) is 5.56 Å². The Balaban J connectivity index is 1.31. The van der Waals surface area contributed by atoms with Gasteiger partial charge < -0.3 is 13.6 Å². The molecule has 2 aliphatic rings. The SMILES string of the molecule is Cc1nnc(C[C@@H]2C[C@@H]3CN(Cc4ccoc4)C[C@@H]3O2)o1. The molecule has 0 unspecified atom stereocenters. The number of aryl methyl sites for hydroxylation is 1. The van der Waals surface area contributed by atoms with Crippen LogP contribution in [0.1, 0.15) is 23.8 Å². The highest BCUT2D eigenvalue weighted by atomic mass is 16.5. The van der Waals surface area contributed by atoms with Gasteiger partial charge in [0.05, 0.1) is 31.2 Å². The van der Waals surface area contributed by atoms with Crippen LogP contribution in [0.4, 0.5) is 0 Å². The van der Waals surface area contributed by atoms with Gasteiger partial charge in [-0.1, -0.05) is 0 Å². The van der Waals surface area contributed by atoms with Crippen LogP contribution < -0.4 is 0 Å². The lowest BCUT2D eigenvalue weighted by Gasteiger charge is -2.17. The molecule has 2 aliphatic heterocycles. The average molecular weight is 289 g/mol. The molecule has 21 heavy (non-hydrogen) atoms. The molecule has 0 spiro atoms. The zero-order valence-corrected chi connectivity index (χ0v) is 12.1. The average Bonchev–Trinajstić information content (AvgIpc) is 3.16. The molecule has 2 fully saturated rings. The lowest BCUT2D eigenvalue weighted by atomic mass is 10.0. The van der Waals surface area contributed by atoms with Gasteiger partial charge in [0.2, 0.25) is 11.8 Å². The van der Waals surface area contributed by atoms with Crippen molar-refractivity contribution >= 4 is 0 Å². The summed E-state index contributed by atoms with van der Waals surface area (Å²) in [4.78, 5) is 2.44. The molecule has 2 saturated heterocycles. The fraction of sp³-hybridized carbons (Fsp3) is 0.600. The number of fused-ring (bicyclic) bond motifs is 1. The van der Waals surface area contributed by atoms with Gasteiger partial charge in [0.1, 0.15) is 0 Å². The van der Waals surface area contributed by atoms with Gasteiger partial charge in [0.15, 0.2) is 0 Å². The molecule has 6 nitrogen and oxygen atoms in total. The smallest absolute Gasteiger partial charge is 0.219 e. The molecule has 6 heteroatoms. The molecule has 2 aromatic heterocycles. The molecule has 0 amide bonds. The molecule has 4 rings (SSSR count). The largest absolute Gasteiger partial charge is 0.472 e. The van der Waals surface area contributed by atoms with Crippen LogP contribution in [0.2, 0.25) is 0 Å². The van der Waals surface area contributed by atoms with Crippen molar-refractivity contribution in [3.63, 3.8) is 0 Å². The summed E-state index contributed by atoms with van der Waals surface area (Å²) in [6.07, 6.45) is 5.91. The Kier molecular flexibility index (Phi) is 3.27. The van der Waals surface area contributed by atoms with Crippen LogP contribution in [0.3, 0.4) is 0 Å². The van der Waals surface area contributed by atoms with E-state index < -0.39 is 0 Å². The third-order valence-corrected chi connectivity index (χ3v) is 4.35. The number of likely N-dealkylation sites (tertiary alicyclic amines) is 1. The van der Waals surface area contributed by atoms with E-state index >= 15 is 0 Å². The molecule has 0 N–H and O–H groups in total. The molecule has 0 radical (unpaired) electrons. The minimum absolute atomic E-state index is 0.218. The monoisotopic (exact) mass is 289 g/mol. The van der Waals surface area contributed by atoms with Gasteiger partial charge in [-0.3, -0.25) is 4.90 Å². The van der Waals surface area contributed by atoms with Crippen molar-refractivity contribution in [3.05, 3.63) is 35.9 Å². The van der Waals surface area contributed by atoms with E-state index in [9.17, 15) is 0 Å². The molecule has 2 aromatic rings. The van der Waals surface area contributed by atoms with Crippen LogP contribution >= 0.6 is 0 Å². The van der Waals surface area contributed by atoms with Crippen molar-refractivity contribution in [2.75, 3.05) is 13.1 Å². The molecule has 0 bridgehead atoms. The maximum Gasteiger partial charge on any atom is 0.219 e. The van der Waals surface area contributed by atoms with Crippen molar-refractivity contribution in [2.45, 2.75) is 38.5 Å². The van der Waals surface area contributed by atoms with Crippen LogP contribution in [0.5, 0.6) is 0 Å². The third kappa shape index (κ3) is 2.73. The Labute approximate surface area is 123 Å². The van der Waals surface area contributed by atoms with Crippen molar-refractivity contribution < 1.29 is 13.6 Å². The van der Waals surface area contributed by atoms with Gasteiger partial charge in [-0.25, -0.2) is 0 Å². The van der Waals surface area contributed by atoms with Gasteiger partial charge in [0.25, 0.3) is 0 Å². The first kappa shape index (κ1) is 13.0. The van der Waals surface area contributed by atoms with E-state index in [0.717, 1.165) is 32.5 Å². The Bertz CT molecular complexity index is 581. The summed E-state index contributed by atoms with van der Waals surface area (Å²) in [5, 5.41) is 7.92. The highest BCUT2D eigenvalue weighted by Gasteiger charge is 2.42. The zero-order valence-electron chi connectivity index (χ0n) is 12.1. The summed E-state index contributed by atoms with van der Waals surface area (Å²) in [6, 6.07) is 2.02. The normalized spacial score (nSPS) is 29.1. The second-order valence-electron chi connectivity index (χ2n) is 6.04. The minimum atomic E-state index is 0.218. The fourth-order valence-electron chi connectivity index (χ4n) is 3.46. The van der Waals surface area contributed by atoms with E-state index in [4.69, 9.17) is 13.6 Å². The highest BCUT2D eigenvalue weighted by molar-refractivity contribution is 5.06. The van der Waals surface area contributed by atoms with Crippen LogP contribution in [0.25, 0.3) is 0 Å². The Morgan fingerprint density at radius 2 is 2.29 bits per heavy atom. The second-order valence-corrected chi connectivity index (χ2v) is 6.04. The van der Waals surface area contributed by atoms with Crippen LogP contribution in [0, 0.1) is 12.8 Å². The number of furan rings is 1. The predicted molar refractivity (Wildman–Crippen MR) is 73.5 cm³/mol. The van der Waals surface area contributed by atoms with E-state index in [1.807, 2.05) is 19.3 Å². The molecule has 0 aliphatic carbocycles. The van der Waals surface area contributed by atoms with Crippen LogP contribution in [-0.4, -0.2) is 40.4 Å².